The molecule has 0 saturated carbocycles. The highest BCUT2D eigenvalue weighted by Crippen LogP contribution is 2.33. The molecule has 0 saturated heterocycles. The number of thioether (sulfide) groups is 1. The number of rotatable bonds is 5. The first-order valence-electron chi connectivity index (χ1n) is 7.20. The Kier molecular flexibility index (Phi) is 4.77. The highest BCUT2D eigenvalue weighted by Gasteiger charge is 2.04. The summed E-state index contributed by atoms with van der Waals surface area (Å²) in [7, 11) is 0. The second kappa shape index (κ2) is 7.14. The van der Waals surface area contributed by atoms with Crippen LogP contribution in [0.5, 0.6) is 5.75 Å². The largest absolute Gasteiger partial charge is 0.507 e. The van der Waals surface area contributed by atoms with Crippen molar-refractivity contribution in [3.05, 3.63) is 60.7 Å². The Bertz CT molecular complexity index is 908. The van der Waals surface area contributed by atoms with E-state index in [0.717, 1.165) is 15.7 Å². The van der Waals surface area contributed by atoms with Gasteiger partial charge in [0.15, 0.2) is 0 Å². The van der Waals surface area contributed by atoms with Crippen molar-refractivity contribution in [3.8, 4) is 5.75 Å². The first kappa shape index (κ1) is 16.0. The van der Waals surface area contributed by atoms with Crippen molar-refractivity contribution in [2.24, 2.45) is 10.2 Å². The fourth-order valence-electron chi connectivity index (χ4n) is 2.22. The predicted molar refractivity (Wildman–Crippen MR) is 94.6 cm³/mol. The van der Waals surface area contributed by atoms with Crippen molar-refractivity contribution in [2.75, 3.05) is 5.75 Å². The van der Waals surface area contributed by atoms with Crippen LogP contribution in [0.1, 0.15) is 0 Å². The number of azo groups is 1. The molecule has 0 bridgehead atoms. The minimum absolute atomic E-state index is 0.0281. The molecule has 0 fully saturated rings. The fraction of sp³-hybridized carbons (Fsp3) is 0.0556. The number of benzene rings is 3. The standard InChI is InChI=1S/C18H14N2O3S/c21-17-10-9-16(14-3-1-2-4-15(14)17)20-19-12-5-7-13(8-6-12)24-11-18(22)23/h1-10,21H,11H2,(H,22,23). The van der Waals surface area contributed by atoms with Crippen molar-refractivity contribution in [2.45, 2.75) is 4.90 Å². The Morgan fingerprint density at radius 1 is 0.917 bits per heavy atom. The summed E-state index contributed by atoms with van der Waals surface area (Å²) in [5.74, 6) is -0.604. The molecule has 0 aliphatic heterocycles. The van der Waals surface area contributed by atoms with Gasteiger partial charge in [-0.15, -0.1) is 16.9 Å². The maximum absolute atomic E-state index is 10.6. The van der Waals surface area contributed by atoms with Gasteiger partial charge >= 0.3 is 5.97 Å². The van der Waals surface area contributed by atoms with Crippen LogP contribution in [0.2, 0.25) is 0 Å². The number of aromatic hydroxyl groups is 1. The number of fused-ring (bicyclic) bond motifs is 1. The molecule has 3 rings (SSSR count). The van der Waals surface area contributed by atoms with E-state index in [0.29, 0.717) is 11.4 Å². The van der Waals surface area contributed by atoms with Crippen molar-refractivity contribution in [1.82, 2.24) is 0 Å². The van der Waals surface area contributed by atoms with Gasteiger partial charge in [0.25, 0.3) is 0 Å². The molecule has 5 nitrogen and oxygen atoms in total. The van der Waals surface area contributed by atoms with Gasteiger partial charge < -0.3 is 10.2 Å². The Morgan fingerprint density at radius 2 is 1.62 bits per heavy atom. The number of phenols is 1. The second-order valence-corrected chi connectivity index (χ2v) is 6.07. The lowest BCUT2D eigenvalue weighted by Gasteiger charge is -2.03. The third kappa shape index (κ3) is 3.72. The number of phenolic OH excluding ortho intramolecular Hbond substituents is 1. The quantitative estimate of drug-likeness (QED) is 0.498. The van der Waals surface area contributed by atoms with Gasteiger partial charge in [-0.05, 0) is 36.4 Å². The Hall–Kier alpha value is -2.86. The predicted octanol–water partition coefficient (Wildman–Crippen LogP) is 5.14. The molecule has 0 aliphatic rings. The van der Waals surface area contributed by atoms with Gasteiger partial charge in [-0.25, -0.2) is 0 Å². The summed E-state index contributed by atoms with van der Waals surface area (Å²) < 4.78 is 0. The highest BCUT2D eigenvalue weighted by molar-refractivity contribution is 8.00. The molecule has 2 N–H and O–H groups in total. The second-order valence-electron chi connectivity index (χ2n) is 5.03. The minimum atomic E-state index is -0.844. The zero-order valence-electron chi connectivity index (χ0n) is 12.6. The third-order valence-electron chi connectivity index (χ3n) is 3.35. The average molecular weight is 338 g/mol. The van der Waals surface area contributed by atoms with Crippen LogP contribution >= 0.6 is 11.8 Å². The number of nitrogens with zero attached hydrogens (tertiary/aromatic N) is 2. The summed E-state index contributed by atoms with van der Waals surface area (Å²) in [6.07, 6.45) is 0. The van der Waals surface area contributed by atoms with E-state index in [1.54, 1.807) is 24.3 Å². The maximum Gasteiger partial charge on any atom is 0.313 e. The zero-order valence-corrected chi connectivity index (χ0v) is 13.4. The van der Waals surface area contributed by atoms with E-state index < -0.39 is 5.97 Å². The van der Waals surface area contributed by atoms with Crippen LogP contribution in [0.4, 0.5) is 11.4 Å². The summed E-state index contributed by atoms with van der Waals surface area (Å²) in [6.45, 7) is 0. The van der Waals surface area contributed by atoms with Crippen LogP contribution in [0.15, 0.2) is 75.8 Å². The molecule has 0 atom stereocenters. The van der Waals surface area contributed by atoms with E-state index in [2.05, 4.69) is 10.2 Å². The summed E-state index contributed by atoms with van der Waals surface area (Å²) in [5, 5.41) is 28.6. The van der Waals surface area contributed by atoms with E-state index >= 15 is 0 Å². The zero-order chi connectivity index (χ0) is 16.9. The van der Waals surface area contributed by atoms with Gasteiger partial charge in [-0.3, -0.25) is 4.79 Å². The molecule has 0 unspecified atom stereocenters. The lowest BCUT2D eigenvalue weighted by molar-refractivity contribution is -0.133. The number of carbonyl (C=O) groups is 1. The molecule has 0 aromatic heterocycles. The molecule has 6 heteroatoms. The van der Waals surface area contributed by atoms with Crippen molar-refractivity contribution < 1.29 is 15.0 Å². The van der Waals surface area contributed by atoms with Crippen LogP contribution < -0.4 is 0 Å². The molecule has 0 heterocycles. The molecule has 120 valence electrons. The first-order chi connectivity index (χ1) is 11.6. The van der Waals surface area contributed by atoms with E-state index in [1.165, 1.54) is 11.8 Å². The molecule has 0 spiro atoms. The number of aliphatic carboxylic acids is 1. The monoisotopic (exact) mass is 338 g/mol. The Balaban J connectivity index is 1.81. The van der Waals surface area contributed by atoms with Gasteiger partial charge in [0.1, 0.15) is 5.75 Å². The number of hydrogen-bond acceptors (Lipinski definition) is 5. The molecular formula is C18H14N2O3S. The summed E-state index contributed by atoms with van der Waals surface area (Å²) >= 11 is 1.26. The molecular weight excluding hydrogens is 324 g/mol. The number of carboxylic acids is 1. The molecule has 3 aromatic rings. The van der Waals surface area contributed by atoms with Crippen molar-refractivity contribution in [3.63, 3.8) is 0 Å². The molecule has 0 radical (unpaired) electrons. The summed E-state index contributed by atoms with van der Waals surface area (Å²) in [5.41, 5.74) is 1.35. The fourth-order valence-corrected chi connectivity index (χ4v) is 2.84. The van der Waals surface area contributed by atoms with Gasteiger partial charge in [-0.2, -0.15) is 5.11 Å². The highest BCUT2D eigenvalue weighted by atomic mass is 32.2. The average Bonchev–Trinajstić information content (AvgIpc) is 2.60. The van der Waals surface area contributed by atoms with Crippen LogP contribution in [-0.2, 0) is 4.79 Å². The number of hydrogen-bond donors (Lipinski definition) is 2. The lowest BCUT2D eigenvalue weighted by atomic mass is 10.1. The van der Waals surface area contributed by atoms with E-state index in [4.69, 9.17) is 5.11 Å². The number of carboxylic acid groups (broad SMARTS) is 1. The topological polar surface area (TPSA) is 82.2 Å². The maximum atomic E-state index is 10.6. The van der Waals surface area contributed by atoms with E-state index in [9.17, 15) is 9.90 Å². The SMILES string of the molecule is O=C(O)CSc1ccc(N=Nc2ccc(O)c3ccccc23)cc1. The lowest BCUT2D eigenvalue weighted by Crippen LogP contribution is -1.96. The summed E-state index contributed by atoms with van der Waals surface area (Å²) in [6, 6.07) is 18.0. The van der Waals surface area contributed by atoms with Crippen molar-refractivity contribution in [1.29, 1.82) is 0 Å². The first-order valence-corrected chi connectivity index (χ1v) is 8.19. The normalized spacial score (nSPS) is 11.2. The van der Waals surface area contributed by atoms with E-state index in [-0.39, 0.29) is 11.5 Å². The van der Waals surface area contributed by atoms with Crippen LogP contribution in [0.25, 0.3) is 10.8 Å². The Morgan fingerprint density at radius 3 is 2.33 bits per heavy atom. The van der Waals surface area contributed by atoms with E-state index in [1.807, 2.05) is 36.4 Å². The van der Waals surface area contributed by atoms with Crippen molar-refractivity contribution >= 4 is 39.9 Å². The van der Waals surface area contributed by atoms with Crippen LogP contribution in [0.3, 0.4) is 0 Å². The van der Waals surface area contributed by atoms with Gasteiger partial charge in [0.05, 0.1) is 17.1 Å². The van der Waals surface area contributed by atoms with Gasteiger partial charge in [-0.1, -0.05) is 24.3 Å². The van der Waals surface area contributed by atoms with Gasteiger partial charge in [0.2, 0.25) is 0 Å². The Labute approximate surface area is 142 Å². The molecule has 3 aromatic carbocycles. The van der Waals surface area contributed by atoms with Crippen LogP contribution in [-0.4, -0.2) is 21.9 Å². The smallest absolute Gasteiger partial charge is 0.313 e. The minimum Gasteiger partial charge on any atom is -0.507 e. The summed E-state index contributed by atoms with van der Waals surface area (Å²) in [4.78, 5) is 11.4. The molecule has 0 aliphatic carbocycles. The van der Waals surface area contributed by atoms with Crippen LogP contribution in [0, 0.1) is 0 Å². The molecule has 0 amide bonds. The third-order valence-corrected chi connectivity index (χ3v) is 4.35. The van der Waals surface area contributed by atoms with Gasteiger partial charge in [0, 0.05) is 15.7 Å². The molecule has 24 heavy (non-hydrogen) atoms.